The molecule has 3 aromatic rings. The summed E-state index contributed by atoms with van der Waals surface area (Å²) in [5.74, 6) is 2.30. The first-order valence-corrected chi connectivity index (χ1v) is 18.2. The molecule has 8 heteroatoms. The maximum absolute atomic E-state index is 13.0. The van der Waals surface area contributed by atoms with E-state index in [1.165, 1.54) is 35.2 Å². The molecule has 2 heterocycles. The van der Waals surface area contributed by atoms with Gasteiger partial charge in [-0.1, -0.05) is 37.6 Å². The number of likely N-dealkylation sites (N-methyl/N-ethyl adjacent to an activating group) is 1. The standard InChI is InChI=1S/C40H50ClN3O4/c1-26(23-47-35-13-18-42-34-10-5-7-27(2)36(34)35)19-29-20-28-11-12-32(48-38(3)24-44(4)25-38)22-33(28)39(29)14-16-40(17-15-39,37(45)46)43-31-9-6-8-30(41)21-31/h6,8-9,11-13,18,21-22,26-27,29,43H,5,7,10,14-17,19-20,23-25H2,1-4H3,(H,45,46)/t26-,27-,29+,39?,40?/m1/s1. The maximum Gasteiger partial charge on any atom is 0.329 e. The first-order valence-electron chi connectivity index (χ1n) is 17.9. The zero-order chi connectivity index (χ0) is 33.7. The molecule has 1 saturated carbocycles. The molecular weight excluding hydrogens is 622 g/mol. The van der Waals surface area contributed by atoms with E-state index in [1.807, 2.05) is 36.5 Å². The van der Waals surface area contributed by atoms with Crippen molar-refractivity contribution in [3.8, 4) is 11.5 Å². The summed E-state index contributed by atoms with van der Waals surface area (Å²) in [7, 11) is 2.12. The summed E-state index contributed by atoms with van der Waals surface area (Å²) in [6, 6.07) is 16.1. The molecule has 0 bridgehead atoms. The molecule has 3 atom stereocenters. The summed E-state index contributed by atoms with van der Waals surface area (Å²) in [4.78, 5) is 19.9. The Morgan fingerprint density at radius 3 is 2.67 bits per heavy atom. The number of anilines is 1. The number of nitrogens with one attached hydrogen (secondary N) is 1. The molecule has 3 aliphatic carbocycles. The van der Waals surface area contributed by atoms with E-state index >= 15 is 0 Å². The van der Waals surface area contributed by atoms with Crippen LogP contribution in [-0.4, -0.2) is 58.8 Å². The molecule has 4 aliphatic rings. The molecular formula is C40H50ClN3O4. The highest BCUT2D eigenvalue weighted by Crippen LogP contribution is 2.57. The molecule has 1 aromatic heterocycles. The Hall–Kier alpha value is -3.29. The van der Waals surface area contributed by atoms with Crippen molar-refractivity contribution in [1.82, 2.24) is 9.88 Å². The van der Waals surface area contributed by atoms with Gasteiger partial charge >= 0.3 is 5.97 Å². The minimum Gasteiger partial charge on any atom is -0.493 e. The average Bonchev–Trinajstić information content (AvgIpc) is 3.32. The van der Waals surface area contributed by atoms with E-state index in [1.54, 1.807) is 0 Å². The molecule has 7 rings (SSSR count). The molecule has 1 aliphatic heterocycles. The van der Waals surface area contributed by atoms with Crippen LogP contribution in [0.25, 0.3) is 0 Å². The number of halogens is 1. The van der Waals surface area contributed by atoms with Crippen LogP contribution < -0.4 is 14.8 Å². The van der Waals surface area contributed by atoms with Gasteiger partial charge in [-0.15, -0.1) is 0 Å². The van der Waals surface area contributed by atoms with E-state index in [9.17, 15) is 9.90 Å². The SMILES string of the molecule is C[C@@H](COc1ccnc2c1[C@H](C)CCC2)C[C@H]1Cc2ccc(OC3(C)CN(C)C3)cc2C12CCC(Nc1cccc(Cl)c1)(C(=O)O)CC2. The third-order valence-electron chi connectivity index (χ3n) is 11.8. The Kier molecular flexibility index (Phi) is 8.91. The van der Waals surface area contributed by atoms with Gasteiger partial charge in [-0.2, -0.15) is 0 Å². The highest BCUT2D eigenvalue weighted by atomic mass is 35.5. The van der Waals surface area contributed by atoms with E-state index < -0.39 is 11.5 Å². The number of carbonyl (C=O) groups is 1. The van der Waals surface area contributed by atoms with Crippen molar-refractivity contribution < 1.29 is 19.4 Å². The number of hydrogen-bond acceptors (Lipinski definition) is 6. The Bertz CT molecular complexity index is 1660. The first-order chi connectivity index (χ1) is 23.0. The second-order valence-corrected chi connectivity index (χ2v) is 16.2. The zero-order valence-corrected chi connectivity index (χ0v) is 29.6. The van der Waals surface area contributed by atoms with E-state index in [0.717, 1.165) is 62.4 Å². The lowest BCUT2D eigenvalue weighted by Crippen LogP contribution is -2.61. The minimum atomic E-state index is -1.05. The van der Waals surface area contributed by atoms with Crippen LogP contribution in [0.2, 0.25) is 5.02 Å². The molecule has 7 nitrogen and oxygen atoms in total. The molecule has 2 N–H and O–H groups in total. The Balaban J connectivity index is 1.14. The predicted molar refractivity (Wildman–Crippen MR) is 191 cm³/mol. The lowest BCUT2D eigenvalue weighted by Gasteiger charge is -2.48. The third kappa shape index (κ3) is 6.29. The van der Waals surface area contributed by atoms with Crippen LogP contribution in [0.5, 0.6) is 11.5 Å². The van der Waals surface area contributed by atoms with Gasteiger partial charge in [0.1, 0.15) is 22.6 Å². The zero-order valence-electron chi connectivity index (χ0n) is 28.9. The van der Waals surface area contributed by atoms with Gasteiger partial charge in [-0.25, -0.2) is 4.79 Å². The van der Waals surface area contributed by atoms with Crippen molar-refractivity contribution in [3.63, 3.8) is 0 Å². The van der Waals surface area contributed by atoms with Gasteiger partial charge in [-0.3, -0.25) is 9.88 Å². The minimum absolute atomic E-state index is 0.125. The normalized spacial score (nSPS) is 28.2. The number of likely N-dealkylation sites (tertiary alicyclic amines) is 1. The molecule has 1 spiro atoms. The fraction of sp³-hybridized carbons (Fsp3) is 0.550. The van der Waals surface area contributed by atoms with E-state index in [2.05, 4.69) is 61.2 Å². The summed E-state index contributed by atoms with van der Waals surface area (Å²) in [6.07, 6.45) is 9.94. The summed E-state index contributed by atoms with van der Waals surface area (Å²) in [6.45, 7) is 9.25. The highest BCUT2D eigenvalue weighted by molar-refractivity contribution is 6.30. The predicted octanol–water partition coefficient (Wildman–Crippen LogP) is 8.28. The number of aryl methyl sites for hydroxylation is 1. The van der Waals surface area contributed by atoms with Crippen molar-refractivity contribution in [2.24, 2.45) is 11.8 Å². The van der Waals surface area contributed by atoms with Gasteiger partial charge < -0.3 is 19.9 Å². The average molecular weight is 672 g/mol. The van der Waals surface area contributed by atoms with Gasteiger partial charge in [-0.05, 0) is 142 Å². The molecule has 0 unspecified atom stereocenters. The van der Waals surface area contributed by atoms with Gasteiger partial charge in [0.15, 0.2) is 0 Å². The topological polar surface area (TPSA) is 83.9 Å². The molecule has 1 saturated heterocycles. The smallest absolute Gasteiger partial charge is 0.329 e. The second kappa shape index (κ2) is 12.9. The lowest BCUT2D eigenvalue weighted by atomic mass is 9.59. The van der Waals surface area contributed by atoms with Crippen molar-refractivity contribution in [2.45, 2.75) is 101 Å². The number of aromatic nitrogens is 1. The monoisotopic (exact) mass is 671 g/mol. The van der Waals surface area contributed by atoms with Crippen LogP contribution >= 0.6 is 11.6 Å². The Morgan fingerprint density at radius 2 is 1.94 bits per heavy atom. The Morgan fingerprint density at radius 1 is 1.15 bits per heavy atom. The number of hydrogen-bond donors (Lipinski definition) is 2. The quantitative estimate of drug-likeness (QED) is 0.224. The van der Waals surface area contributed by atoms with Gasteiger partial charge in [0.2, 0.25) is 0 Å². The van der Waals surface area contributed by atoms with Crippen LogP contribution in [0.15, 0.2) is 54.7 Å². The maximum atomic E-state index is 13.0. The fourth-order valence-corrected chi connectivity index (χ4v) is 9.78. The number of carboxylic acids is 1. The number of carboxylic acid groups (broad SMARTS) is 1. The number of ether oxygens (including phenoxy) is 2. The second-order valence-electron chi connectivity index (χ2n) is 15.7. The van der Waals surface area contributed by atoms with Crippen LogP contribution in [0.4, 0.5) is 5.69 Å². The molecule has 0 radical (unpaired) electrons. The van der Waals surface area contributed by atoms with Gasteiger partial charge in [0.05, 0.1) is 6.61 Å². The number of pyridine rings is 1. The van der Waals surface area contributed by atoms with Crippen molar-refractivity contribution in [3.05, 3.63) is 82.1 Å². The Labute approximate surface area is 290 Å². The number of fused-ring (bicyclic) bond motifs is 3. The van der Waals surface area contributed by atoms with Crippen molar-refractivity contribution in [2.75, 3.05) is 32.1 Å². The summed E-state index contributed by atoms with van der Waals surface area (Å²) < 4.78 is 13.2. The van der Waals surface area contributed by atoms with E-state index in [0.29, 0.717) is 42.2 Å². The van der Waals surface area contributed by atoms with Crippen molar-refractivity contribution >= 4 is 23.3 Å². The summed E-state index contributed by atoms with van der Waals surface area (Å²) in [5.41, 5.74) is 4.61. The largest absolute Gasteiger partial charge is 0.493 e. The van der Waals surface area contributed by atoms with E-state index in [-0.39, 0.29) is 11.0 Å². The van der Waals surface area contributed by atoms with Gasteiger partial charge in [0.25, 0.3) is 0 Å². The number of aliphatic carboxylic acids is 1. The van der Waals surface area contributed by atoms with E-state index in [4.69, 9.17) is 21.1 Å². The van der Waals surface area contributed by atoms with Crippen LogP contribution in [0, 0.1) is 11.8 Å². The molecule has 256 valence electrons. The molecule has 2 aromatic carbocycles. The van der Waals surface area contributed by atoms with Crippen molar-refractivity contribution in [1.29, 1.82) is 0 Å². The van der Waals surface area contributed by atoms with Crippen LogP contribution in [0.3, 0.4) is 0 Å². The van der Waals surface area contributed by atoms with Gasteiger partial charge in [0, 0.05) is 41.3 Å². The number of nitrogens with zero attached hydrogens (tertiary/aromatic N) is 2. The molecule has 48 heavy (non-hydrogen) atoms. The molecule has 2 fully saturated rings. The fourth-order valence-electron chi connectivity index (χ4n) is 9.58. The summed E-state index contributed by atoms with van der Waals surface area (Å²) >= 11 is 6.28. The number of benzene rings is 2. The first kappa shape index (κ1) is 33.2. The highest BCUT2D eigenvalue weighted by Gasteiger charge is 2.54. The lowest BCUT2D eigenvalue weighted by molar-refractivity contribution is -0.144. The number of rotatable bonds is 10. The molecule has 0 amide bonds. The third-order valence-corrected chi connectivity index (χ3v) is 12.1. The van der Waals surface area contributed by atoms with Crippen LogP contribution in [0.1, 0.15) is 94.0 Å². The summed E-state index contributed by atoms with van der Waals surface area (Å²) in [5, 5.41) is 14.6. The van der Waals surface area contributed by atoms with Crippen LogP contribution in [-0.2, 0) is 23.1 Å².